The van der Waals surface area contributed by atoms with Gasteiger partial charge in [0.1, 0.15) is 12.4 Å². The monoisotopic (exact) mass is 312 g/mol. The molecule has 21 heavy (non-hydrogen) atoms. The number of hydrogen-bond donors (Lipinski definition) is 1. The lowest BCUT2D eigenvalue weighted by Crippen LogP contribution is -2.39. The first-order valence-electron chi connectivity index (χ1n) is 7.44. The lowest BCUT2D eigenvalue weighted by atomic mass is 10.1. The van der Waals surface area contributed by atoms with Gasteiger partial charge in [-0.05, 0) is 37.1 Å². The molecular weight excluding hydrogens is 288 g/mol. The summed E-state index contributed by atoms with van der Waals surface area (Å²) in [5.74, 6) is 0.931. The van der Waals surface area contributed by atoms with Crippen molar-refractivity contribution in [3.63, 3.8) is 0 Å². The predicted molar refractivity (Wildman–Crippen MR) is 85.7 cm³/mol. The molecule has 0 aliphatic carbocycles. The fourth-order valence-electron chi connectivity index (χ4n) is 2.34. The van der Waals surface area contributed by atoms with Crippen molar-refractivity contribution in [1.82, 2.24) is 0 Å². The maximum absolute atomic E-state index is 11.4. The number of nitrogens with zero attached hydrogens (tertiary/aromatic N) is 1. The van der Waals surface area contributed by atoms with E-state index in [1.54, 1.807) is 6.92 Å². The van der Waals surface area contributed by atoms with Gasteiger partial charge in [-0.3, -0.25) is 0 Å². The molecule has 0 amide bonds. The number of piperidine rings is 1. The SMILES string of the molecule is CCS(=O)(=O)CCOc1ccc(N2CCC(N)CC2)cc1. The maximum Gasteiger partial charge on any atom is 0.153 e. The molecule has 0 aromatic heterocycles. The topological polar surface area (TPSA) is 72.6 Å². The van der Waals surface area contributed by atoms with Gasteiger partial charge in [-0.25, -0.2) is 8.42 Å². The van der Waals surface area contributed by atoms with Gasteiger partial charge in [0.05, 0.1) is 5.75 Å². The van der Waals surface area contributed by atoms with Crippen LogP contribution in [0.25, 0.3) is 0 Å². The molecule has 0 unspecified atom stereocenters. The summed E-state index contributed by atoms with van der Waals surface area (Å²) >= 11 is 0. The Bertz CT molecular complexity index is 535. The molecule has 2 N–H and O–H groups in total. The number of rotatable bonds is 6. The van der Waals surface area contributed by atoms with E-state index >= 15 is 0 Å². The van der Waals surface area contributed by atoms with E-state index in [1.807, 2.05) is 24.3 Å². The van der Waals surface area contributed by atoms with Crippen LogP contribution in [0.5, 0.6) is 5.75 Å². The van der Waals surface area contributed by atoms with Crippen LogP contribution in [0.15, 0.2) is 24.3 Å². The third kappa shape index (κ3) is 4.89. The van der Waals surface area contributed by atoms with Gasteiger partial charge in [0, 0.05) is 30.6 Å². The molecule has 1 aromatic carbocycles. The number of benzene rings is 1. The maximum atomic E-state index is 11.4. The van der Waals surface area contributed by atoms with Gasteiger partial charge in [-0.15, -0.1) is 0 Å². The predicted octanol–water partition coefficient (Wildman–Crippen LogP) is 1.43. The molecular formula is C15H24N2O3S. The molecule has 0 saturated carbocycles. The quantitative estimate of drug-likeness (QED) is 0.860. The Labute approximate surface area is 127 Å². The van der Waals surface area contributed by atoms with Gasteiger partial charge >= 0.3 is 0 Å². The van der Waals surface area contributed by atoms with Crippen molar-refractivity contribution < 1.29 is 13.2 Å². The molecule has 0 atom stereocenters. The van der Waals surface area contributed by atoms with Crippen LogP contribution in [0.2, 0.25) is 0 Å². The van der Waals surface area contributed by atoms with Gasteiger partial charge in [0.15, 0.2) is 9.84 Å². The summed E-state index contributed by atoms with van der Waals surface area (Å²) in [7, 11) is -2.97. The molecule has 1 aliphatic rings. The number of ether oxygens (including phenoxy) is 1. The number of sulfone groups is 1. The van der Waals surface area contributed by atoms with E-state index < -0.39 is 9.84 Å². The largest absolute Gasteiger partial charge is 0.493 e. The first-order chi connectivity index (χ1) is 10.00. The van der Waals surface area contributed by atoms with Crippen LogP contribution in [0.1, 0.15) is 19.8 Å². The minimum absolute atomic E-state index is 0.0647. The summed E-state index contributed by atoms with van der Waals surface area (Å²) in [4.78, 5) is 2.31. The minimum Gasteiger partial charge on any atom is -0.493 e. The minimum atomic E-state index is -2.97. The van der Waals surface area contributed by atoms with Gasteiger partial charge in [0.25, 0.3) is 0 Å². The lowest BCUT2D eigenvalue weighted by Gasteiger charge is -2.32. The molecule has 0 spiro atoms. The Kier molecular flexibility index (Phi) is 5.47. The first-order valence-corrected chi connectivity index (χ1v) is 9.26. The Hall–Kier alpha value is -1.27. The van der Waals surface area contributed by atoms with Gasteiger partial charge in [-0.1, -0.05) is 6.92 Å². The van der Waals surface area contributed by atoms with Crippen molar-refractivity contribution >= 4 is 15.5 Å². The van der Waals surface area contributed by atoms with E-state index in [9.17, 15) is 8.42 Å². The Morgan fingerprint density at radius 3 is 2.43 bits per heavy atom. The van der Waals surface area contributed by atoms with Crippen molar-refractivity contribution in [1.29, 1.82) is 0 Å². The molecule has 1 fully saturated rings. The highest BCUT2D eigenvalue weighted by molar-refractivity contribution is 7.91. The van der Waals surface area contributed by atoms with E-state index in [1.165, 1.54) is 0 Å². The summed E-state index contributed by atoms with van der Waals surface area (Å²) in [6.07, 6.45) is 2.04. The van der Waals surface area contributed by atoms with E-state index in [4.69, 9.17) is 10.5 Å². The van der Waals surface area contributed by atoms with Crippen molar-refractivity contribution in [2.24, 2.45) is 5.73 Å². The van der Waals surface area contributed by atoms with Crippen LogP contribution < -0.4 is 15.4 Å². The Morgan fingerprint density at radius 1 is 1.24 bits per heavy atom. The summed E-state index contributed by atoms with van der Waals surface area (Å²) in [6, 6.07) is 8.13. The summed E-state index contributed by atoms with van der Waals surface area (Å²) < 4.78 is 28.2. The average Bonchev–Trinajstić information content (AvgIpc) is 2.49. The fraction of sp³-hybridized carbons (Fsp3) is 0.600. The summed E-state index contributed by atoms with van der Waals surface area (Å²) in [5, 5.41) is 0. The molecule has 118 valence electrons. The smallest absolute Gasteiger partial charge is 0.153 e. The highest BCUT2D eigenvalue weighted by atomic mass is 32.2. The van der Waals surface area contributed by atoms with Crippen LogP contribution in [0, 0.1) is 0 Å². The molecule has 1 saturated heterocycles. The molecule has 1 aliphatic heterocycles. The van der Waals surface area contributed by atoms with Crippen molar-refractivity contribution in [3.05, 3.63) is 24.3 Å². The highest BCUT2D eigenvalue weighted by Gasteiger charge is 2.16. The average molecular weight is 312 g/mol. The van der Waals surface area contributed by atoms with Crippen LogP contribution in [-0.4, -0.2) is 45.7 Å². The third-order valence-electron chi connectivity index (χ3n) is 3.84. The Balaban J connectivity index is 1.84. The van der Waals surface area contributed by atoms with Crippen LogP contribution in [-0.2, 0) is 9.84 Å². The zero-order valence-corrected chi connectivity index (χ0v) is 13.3. The van der Waals surface area contributed by atoms with E-state index in [-0.39, 0.29) is 18.1 Å². The molecule has 0 bridgehead atoms. The second-order valence-electron chi connectivity index (χ2n) is 5.40. The normalized spacial score (nSPS) is 17.0. The highest BCUT2D eigenvalue weighted by Crippen LogP contribution is 2.22. The van der Waals surface area contributed by atoms with Crippen molar-refractivity contribution in [2.45, 2.75) is 25.8 Å². The van der Waals surface area contributed by atoms with Crippen LogP contribution >= 0.6 is 0 Å². The summed E-state index contributed by atoms with van der Waals surface area (Å²) in [6.45, 7) is 3.81. The molecule has 2 rings (SSSR count). The van der Waals surface area contributed by atoms with Crippen molar-refractivity contribution in [2.75, 3.05) is 36.1 Å². The molecule has 5 nitrogen and oxygen atoms in total. The van der Waals surface area contributed by atoms with Gasteiger partial charge in [0.2, 0.25) is 0 Å². The van der Waals surface area contributed by atoms with E-state index in [0.29, 0.717) is 11.8 Å². The van der Waals surface area contributed by atoms with Gasteiger partial charge in [-0.2, -0.15) is 0 Å². The molecule has 6 heteroatoms. The zero-order chi connectivity index (χ0) is 15.3. The number of nitrogens with two attached hydrogens (primary N) is 1. The first kappa shape index (κ1) is 16.1. The number of anilines is 1. The van der Waals surface area contributed by atoms with E-state index in [0.717, 1.165) is 31.6 Å². The standard InChI is InChI=1S/C15H24N2O3S/c1-2-21(18,19)12-11-20-15-5-3-14(4-6-15)17-9-7-13(16)8-10-17/h3-6,13H,2,7-12,16H2,1H3. The third-order valence-corrected chi connectivity index (χ3v) is 5.51. The summed E-state index contributed by atoms with van der Waals surface area (Å²) in [5.41, 5.74) is 7.07. The van der Waals surface area contributed by atoms with E-state index in [2.05, 4.69) is 4.90 Å². The fourth-order valence-corrected chi connectivity index (χ4v) is 2.97. The Morgan fingerprint density at radius 2 is 1.86 bits per heavy atom. The van der Waals surface area contributed by atoms with Crippen LogP contribution in [0.3, 0.4) is 0 Å². The second kappa shape index (κ2) is 7.13. The number of hydrogen-bond acceptors (Lipinski definition) is 5. The second-order valence-corrected chi connectivity index (χ2v) is 7.88. The van der Waals surface area contributed by atoms with Crippen LogP contribution in [0.4, 0.5) is 5.69 Å². The molecule has 1 heterocycles. The van der Waals surface area contributed by atoms with Gasteiger partial charge < -0.3 is 15.4 Å². The molecule has 1 aromatic rings. The van der Waals surface area contributed by atoms with Crippen molar-refractivity contribution in [3.8, 4) is 5.75 Å². The molecule has 0 radical (unpaired) electrons. The zero-order valence-electron chi connectivity index (χ0n) is 12.5. The lowest BCUT2D eigenvalue weighted by molar-refractivity contribution is 0.341.